The Bertz CT molecular complexity index is 963. The fraction of sp³-hybridized carbons (Fsp3) is 0.565. The van der Waals surface area contributed by atoms with Crippen LogP contribution in [0.25, 0.3) is 10.6 Å². The van der Waals surface area contributed by atoms with Crippen LogP contribution in [0, 0.1) is 0 Å². The highest BCUT2D eigenvalue weighted by molar-refractivity contribution is 7.15. The first-order valence-electron chi connectivity index (χ1n) is 11.3. The summed E-state index contributed by atoms with van der Waals surface area (Å²) in [6.07, 6.45) is 0.354. The van der Waals surface area contributed by atoms with Gasteiger partial charge in [-0.05, 0) is 25.0 Å². The van der Waals surface area contributed by atoms with Crippen molar-refractivity contribution in [1.82, 2.24) is 19.7 Å². The first-order chi connectivity index (χ1) is 15.4. The van der Waals surface area contributed by atoms with Gasteiger partial charge in [0.25, 0.3) is 0 Å². The Labute approximate surface area is 189 Å². The van der Waals surface area contributed by atoms with E-state index in [0.29, 0.717) is 18.7 Å². The average molecular weight is 465 g/mol. The van der Waals surface area contributed by atoms with Crippen LogP contribution >= 0.6 is 11.3 Å². The highest BCUT2D eigenvalue weighted by Gasteiger charge is 2.31. The second-order valence-electron chi connectivity index (χ2n) is 8.93. The molecule has 1 aromatic heterocycles. The predicted octanol–water partition coefficient (Wildman–Crippen LogP) is 3.88. The lowest BCUT2D eigenvalue weighted by Crippen LogP contribution is -2.55. The van der Waals surface area contributed by atoms with Gasteiger partial charge in [-0.2, -0.15) is 13.2 Å². The summed E-state index contributed by atoms with van der Waals surface area (Å²) in [7, 11) is 0. The maximum Gasteiger partial charge on any atom is 0.416 e. The summed E-state index contributed by atoms with van der Waals surface area (Å²) >= 11 is 1.52. The Morgan fingerprint density at radius 2 is 1.78 bits per heavy atom. The number of alkyl halides is 3. The van der Waals surface area contributed by atoms with Gasteiger partial charge >= 0.3 is 6.18 Å². The topological polar surface area (TPSA) is 39.7 Å². The van der Waals surface area contributed by atoms with E-state index in [2.05, 4.69) is 14.8 Å². The molecule has 0 radical (unpaired) electrons. The van der Waals surface area contributed by atoms with Crippen molar-refractivity contribution in [3.05, 3.63) is 40.4 Å². The molecule has 0 bridgehead atoms. The molecule has 1 amide bonds. The van der Waals surface area contributed by atoms with E-state index < -0.39 is 11.7 Å². The molecular formula is C23H27F3N4OS. The van der Waals surface area contributed by atoms with Crippen LogP contribution in [0.3, 0.4) is 0 Å². The molecule has 1 aromatic carbocycles. The van der Waals surface area contributed by atoms with Gasteiger partial charge in [0, 0.05) is 62.2 Å². The quantitative estimate of drug-likeness (QED) is 0.689. The number of rotatable bonds is 4. The van der Waals surface area contributed by atoms with E-state index in [1.165, 1.54) is 42.7 Å². The molecule has 3 heterocycles. The number of carbonyl (C=O) groups excluding carboxylic acids is 1. The van der Waals surface area contributed by atoms with Gasteiger partial charge in [0.2, 0.25) is 5.91 Å². The Morgan fingerprint density at radius 3 is 2.41 bits per heavy atom. The molecule has 2 aliphatic heterocycles. The maximum atomic E-state index is 12.8. The van der Waals surface area contributed by atoms with Gasteiger partial charge < -0.3 is 4.90 Å². The van der Waals surface area contributed by atoms with Crippen LogP contribution in [-0.2, 0) is 23.9 Å². The van der Waals surface area contributed by atoms with Crippen LogP contribution in [0.2, 0.25) is 0 Å². The van der Waals surface area contributed by atoms with Crippen molar-refractivity contribution in [1.29, 1.82) is 0 Å². The molecule has 0 unspecified atom stereocenters. The highest BCUT2D eigenvalue weighted by Crippen LogP contribution is 2.34. The SMILES string of the molecule is O=C(CN1CCc2nc(-c3ccc(C(F)(F)F)cc3)sc2C1)N1CCN(C2CCC2)CC1. The molecule has 0 spiro atoms. The zero-order chi connectivity index (χ0) is 22.3. The number of aromatic nitrogens is 1. The lowest BCUT2D eigenvalue weighted by atomic mass is 9.91. The third-order valence-electron chi connectivity index (χ3n) is 6.89. The van der Waals surface area contributed by atoms with Crippen LogP contribution in [-0.4, -0.2) is 70.9 Å². The fourth-order valence-corrected chi connectivity index (χ4v) is 5.84. The molecule has 9 heteroatoms. The number of amides is 1. The average Bonchev–Trinajstić information content (AvgIpc) is 3.16. The minimum atomic E-state index is -4.34. The molecule has 1 saturated carbocycles. The summed E-state index contributed by atoms with van der Waals surface area (Å²) in [4.78, 5) is 25.3. The van der Waals surface area contributed by atoms with E-state index >= 15 is 0 Å². The van der Waals surface area contributed by atoms with Gasteiger partial charge in [0.1, 0.15) is 5.01 Å². The molecular weight excluding hydrogens is 437 g/mol. The van der Waals surface area contributed by atoms with Crippen LogP contribution < -0.4 is 0 Å². The molecule has 32 heavy (non-hydrogen) atoms. The van der Waals surface area contributed by atoms with Gasteiger partial charge in [0.15, 0.2) is 0 Å². The largest absolute Gasteiger partial charge is 0.416 e. The lowest BCUT2D eigenvalue weighted by molar-refractivity contribution is -0.137. The van der Waals surface area contributed by atoms with E-state index in [0.717, 1.165) is 72.9 Å². The molecule has 3 aliphatic rings. The van der Waals surface area contributed by atoms with Crippen LogP contribution in [0.1, 0.15) is 35.4 Å². The third kappa shape index (κ3) is 4.56. The van der Waals surface area contributed by atoms with Gasteiger partial charge in [0.05, 0.1) is 17.8 Å². The minimum absolute atomic E-state index is 0.189. The number of fused-ring (bicyclic) bond motifs is 1. The lowest BCUT2D eigenvalue weighted by Gasteiger charge is -2.43. The Morgan fingerprint density at radius 1 is 1.06 bits per heavy atom. The number of hydrogen-bond acceptors (Lipinski definition) is 5. The maximum absolute atomic E-state index is 12.8. The zero-order valence-corrected chi connectivity index (χ0v) is 18.7. The van der Waals surface area contributed by atoms with Crippen molar-refractivity contribution in [2.75, 3.05) is 39.3 Å². The number of carbonyl (C=O) groups is 1. The van der Waals surface area contributed by atoms with E-state index in [4.69, 9.17) is 0 Å². The van der Waals surface area contributed by atoms with Crippen molar-refractivity contribution < 1.29 is 18.0 Å². The standard InChI is InChI=1S/C23H27F3N4OS/c24-23(25,26)17-6-4-16(5-7-17)22-27-19-8-9-28(14-20(19)32-22)15-21(31)30-12-10-29(11-13-30)18-2-1-3-18/h4-7,18H,1-3,8-15H2. The number of hydrogen-bond donors (Lipinski definition) is 0. The van der Waals surface area contributed by atoms with Crippen molar-refractivity contribution in [3.8, 4) is 10.6 Å². The molecule has 1 saturated heterocycles. The third-order valence-corrected chi connectivity index (χ3v) is 8.02. The summed E-state index contributed by atoms with van der Waals surface area (Å²) in [6, 6.07) is 5.91. The van der Waals surface area contributed by atoms with Crippen LogP contribution in [0.15, 0.2) is 24.3 Å². The van der Waals surface area contributed by atoms with Gasteiger partial charge in [-0.1, -0.05) is 18.6 Å². The van der Waals surface area contributed by atoms with Gasteiger partial charge in [-0.3, -0.25) is 14.6 Å². The second-order valence-corrected chi connectivity index (χ2v) is 10.0. The summed E-state index contributed by atoms with van der Waals surface area (Å²) < 4.78 is 38.4. The van der Waals surface area contributed by atoms with Crippen molar-refractivity contribution in [3.63, 3.8) is 0 Å². The van der Waals surface area contributed by atoms with Crippen molar-refractivity contribution in [2.24, 2.45) is 0 Å². The first-order valence-corrected chi connectivity index (χ1v) is 12.1. The summed E-state index contributed by atoms with van der Waals surface area (Å²) in [5, 5.41) is 0.740. The summed E-state index contributed by atoms with van der Waals surface area (Å²) in [6.45, 7) is 5.44. The molecule has 5 nitrogen and oxygen atoms in total. The molecule has 0 atom stereocenters. The van der Waals surface area contributed by atoms with E-state index in [1.807, 2.05) is 4.90 Å². The molecule has 5 rings (SSSR count). The van der Waals surface area contributed by atoms with Crippen molar-refractivity contribution >= 4 is 17.2 Å². The first kappa shape index (κ1) is 21.9. The fourth-order valence-electron chi connectivity index (χ4n) is 4.69. The Balaban J connectivity index is 1.17. The van der Waals surface area contributed by atoms with Gasteiger partial charge in [-0.15, -0.1) is 11.3 Å². The smallest absolute Gasteiger partial charge is 0.339 e. The number of thiazole rings is 1. The van der Waals surface area contributed by atoms with E-state index in [1.54, 1.807) is 0 Å². The van der Waals surface area contributed by atoms with Crippen molar-refractivity contribution in [2.45, 2.75) is 44.4 Å². The van der Waals surface area contributed by atoms with Gasteiger partial charge in [-0.25, -0.2) is 4.98 Å². The second kappa shape index (κ2) is 8.76. The molecule has 2 fully saturated rings. The van der Waals surface area contributed by atoms with Crippen LogP contribution in [0.4, 0.5) is 13.2 Å². The molecule has 0 N–H and O–H groups in total. The van der Waals surface area contributed by atoms with Crippen LogP contribution in [0.5, 0.6) is 0 Å². The summed E-state index contributed by atoms with van der Waals surface area (Å²) in [5.74, 6) is 0.189. The number of nitrogens with zero attached hydrogens (tertiary/aromatic N) is 4. The monoisotopic (exact) mass is 464 g/mol. The number of halogens is 3. The Hall–Kier alpha value is -1.97. The number of piperazine rings is 1. The molecule has 2 aromatic rings. The normalized spacial score (nSPS) is 20.8. The zero-order valence-electron chi connectivity index (χ0n) is 17.9. The Kier molecular flexibility index (Phi) is 5.98. The van der Waals surface area contributed by atoms with E-state index in [9.17, 15) is 18.0 Å². The summed E-state index contributed by atoms with van der Waals surface area (Å²) in [5.41, 5.74) is 1.05. The van der Waals surface area contributed by atoms with E-state index in [-0.39, 0.29) is 5.91 Å². The number of benzene rings is 1. The molecule has 172 valence electrons. The minimum Gasteiger partial charge on any atom is -0.339 e. The predicted molar refractivity (Wildman–Crippen MR) is 117 cm³/mol. The molecule has 1 aliphatic carbocycles. The highest BCUT2D eigenvalue weighted by atomic mass is 32.1.